The van der Waals surface area contributed by atoms with Crippen LogP contribution in [0.1, 0.15) is 31.1 Å². The molecular weight excluding hydrogens is 422 g/mol. The molecule has 31 heavy (non-hydrogen) atoms. The summed E-state index contributed by atoms with van der Waals surface area (Å²) in [7, 11) is -2.49. The second-order valence-electron chi connectivity index (χ2n) is 7.49. The second kappa shape index (κ2) is 8.12. The molecule has 0 unspecified atom stereocenters. The van der Waals surface area contributed by atoms with Gasteiger partial charge in [0.1, 0.15) is 5.54 Å². The van der Waals surface area contributed by atoms with E-state index in [1.807, 2.05) is 0 Å². The smallest absolute Gasteiger partial charge is 0.338 e. The van der Waals surface area contributed by atoms with E-state index in [2.05, 4.69) is 10.0 Å². The zero-order valence-corrected chi connectivity index (χ0v) is 18.3. The van der Waals surface area contributed by atoms with Gasteiger partial charge in [0.05, 0.1) is 21.8 Å². The van der Waals surface area contributed by atoms with E-state index in [1.165, 1.54) is 43.1 Å². The summed E-state index contributed by atoms with van der Waals surface area (Å²) in [5.41, 5.74) is -0.273. The molecule has 0 saturated carbocycles. The van der Waals surface area contributed by atoms with Gasteiger partial charge in [-0.3, -0.25) is 14.5 Å². The number of hydrogen-bond acceptors (Lipinski definition) is 6. The first-order chi connectivity index (χ1) is 14.5. The van der Waals surface area contributed by atoms with E-state index in [0.29, 0.717) is 11.4 Å². The third-order valence-corrected chi connectivity index (χ3v) is 6.42. The number of esters is 1. The summed E-state index contributed by atoms with van der Waals surface area (Å²) in [6.45, 7) is 4.59. The summed E-state index contributed by atoms with van der Waals surface area (Å²) in [5, 5.41) is 2.76. The van der Waals surface area contributed by atoms with Crippen molar-refractivity contribution in [3.8, 4) is 0 Å². The summed E-state index contributed by atoms with van der Waals surface area (Å²) in [4.78, 5) is 39.6. The molecule has 1 heterocycles. The molecule has 0 aromatic heterocycles. The van der Waals surface area contributed by atoms with Crippen molar-refractivity contribution in [2.45, 2.75) is 37.3 Å². The summed E-state index contributed by atoms with van der Waals surface area (Å²) in [6, 6.07) is 12.1. The SMILES string of the molecule is CNS(=O)(=O)c1cccc(C(=O)O[C@@H](C)C(=O)N2c3ccccc3NC(=O)C2(C)C)c1. The average Bonchev–Trinajstić information content (AvgIpc) is 2.74. The predicted octanol–water partition coefficient (Wildman–Crippen LogP) is 1.90. The molecule has 0 saturated heterocycles. The van der Waals surface area contributed by atoms with Gasteiger partial charge in [0.25, 0.3) is 5.91 Å². The summed E-state index contributed by atoms with van der Waals surface area (Å²) >= 11 is 0. The molecule has 1 aliphatic rings. The molecule has 0 bridgehead atoms. The number of rotatable bonds is 5. The van der Waals surface area contributed by atoms with E-state index in [9.17, 15) is 22.8 Å². The number of amides is 2. The molecular formula is C21H23N3O6S. The van der Waals surface area contributed by atoms with E-state index in [4.69, 9.17) is 4.74 Å². The van der Waals surface area contributed by atoms with Gasteiger partial charge in [-0.2, -0.15) is 0 Å². The molecule has 3 rings (SSSR count). The van der Waals surface area contributed by atoms with Crippen molar-refractivity contribution in [1.82, 2.24) is 4.72 Å². The fourth-order valence-electron chi connectivity index (χ4n) is 3.22. The van der Waals surface area contributed by atoms with Gasteiger partial charge >= 0.3 is 5.97 Å². The lowest BCUT2D eigenvalue weighted by molar-refractivity contribution is -0.131. The molecule has 1 atom stereocenters. The van der Waals surface area contributed by atoms with E-state index in [-0.39, 0.29) is 16.4 Å². The fourth-order valence-corrected chi connectivity index (χ4v) is 3.99. The lowest BCUT2D eigenvalue weighted by Crippen LogP contribution is -2.60. The Hall–Kier alpha value is -3.24. The van der Waals surface area contributed by atoms with Crippen molar-refractivity contribution in [3.63, 3.8) is 0 Å². The Morgan fingerprint density at radius 1 is 1.13 bits per heavy atom. The number of hydrogen-bond donors (Lipinski definition) is 2. The van der Waals surface area contributed by atoms with Crippen LogP contribution in [0.25, 0.3) is 0 Å². The number of carbonyl (C=O) groups is 3. The van der Waals surface area contributed by atoms with E-state index >= 15 is 0 Å². The van der Waals surface area contributed by atoms with Crippen molar-refractivity contribution >= 4 is 39.2 Å². The van der Waals surface area contributed by atoms with Crippen molar-refractivity contribution in [1.29, 1.82) is 0 Å². The van der Waals surface area contributed by atoms with Crippen LogP contribution in [0.3, 0.4) is 0 Å². The fraction of sp³-hybridized carbons (Fsp3) is 0.286. The highest BCUT2D eigenvalue weighted by atomic mass is 32.2. The number of nitrogens with zero attached hydrogens (tertiary/aromatic N) is 1. The van der Waals surface area contributed by atoms with Crippen LogP contribution in [0.5, 0.6) is 0 Å². The Kier molecular flexibility index (Phi) is 5.88. The zero-order chi connectivity index (χ0) is 23.0. The Morgan fingerprint density at radius 2 is 1.81 bits per heavy atom. The number of benzene rings is 2. The summed E-state index contributed by atoms with van der Waals surface area (Å²) < 4.78 is 31.4. The molecule has 0 radical (unpaired) electrons. The van der Waals surface area contributed by atoms with Crippen molar-refractivity contribution < 1.29 is 27.5 Å². The maximum Gasteiger partial charge on any atom is 0.338 e. The molecule has 0 aliphatic carbocycles. The number of nitrogens with one attached hydrogen (secondary N) is 2. The second-order valence-corrected chi connectivity index (χ2v) is 9.37. The number of carbonyl (C=O) groups excluding carboxylic acids is 3. The van der Waals surface area contributed by atoms with E-state index in [0.717, 1.165) is 0 Å². The van der Waals surface area contributed by atoms with Gasteiger partial charge in [-0.05, 0) is 58.2 Å². The van der Waals surface area contributed by atoms with Crippen molar-refractivity contribution in [2.75, 3.05) is 17.3 Å². The predicted molar refractivity (Wildman–Crippen MR) is 114 cm³/mol. The monoisotopic (exact) mass is 445 g/mol. The first-order valence-corrected chi connectivity index (χ1v) is 11.0. The third-order valence-electron chi connectivity index (χ3n) is 5.01. The van der Waals surface area contributed by atoms with Crippen molar-refractivity contribution in [3.05, 3.63) is 54.1 Å². The van der Waals surface area contributed by atoms with Gasteiger partial charge in [0, 0.05) is 0 Å². The molecule has 2 N–H and O–H groups in total. The van der Waals surface area contributed by atoms with Crippen LogP contribution < -0.4 is 14.9 Å². The van der Waals surface area contributed by atoms with Crippen LogP contribution in [0.15, 0.2) is 53.4 Å². The van der Waals surface area contributed by atoms with Crippen LogP contribution in [0, 0.1) is 0 Å². The number of ether oxygens (including phenoxy) is 1. The average molecular weight is 445 g/mol. The maximum absolute atomic E-state index is 13.2. The van der Waals surface area contributed by atoms with E-state index in [1.54, 1.807) is 38.1 Å². The lowest BCUT2D eigenvalue weighted by atomic mass is 9.95. The zero-order valence-electron chi connectivity index (χ0n) is 17.5. The molecule has 2 aromatic carbocycles. The quantitative estimate of drug-likeness (QED) is 0.678. The minimum Gasteiger partial charge on any atom is -0.449 e. The van der Waals surface area contributed by atoms with E-state index < -0.39 is 33.5 Å². The summed E-state index contributed by atoms with van der Waals surface area (Å²) in [5.74, 6) is -1.82. The first kappa shape index (κ1) is 22.4. The van der Waals surface area contributed by atoms with Gasteiger partial charge in [0.2, 0.25) is 15.9 Å². The first-order valence-electron chi connectivity index (χ1n) is 9.48. The topological polar surface area (TPSA) is 122 Å². The minimum atomic E-state index is -3.75. The number of para-hydroxylation sites is 2. The number of fused-ring (bicyclic) bond motifs is 1. The molecule has 2 aromatic rings. The minimum absolute atomic E-state index is 0.0213. The highest BCUT2D eigenvalue weighted by Gasteiger charge is 2.45. The molecule has 9 nitrogen and oxygen atoms in total. The standard InChI is InChI=1S/C21H23N3O6S/c1-13(30-19(26)14-8-7-9-15(12-14)31(28,29)22-4)18(25)24-17-11-6-5-10-16(17)23-20(27)21(24,2)3/h5-13,22H,1-4H3,(H,23,27)/t13-/m0/s1. The van der Waals surface area contributed by atoms with Gasteiger partial charge < -0.3 is 10.1 Å². The van der Waals surface area contributed by atoms with Crippen LogP contribution in [-0.2, 0) is 24.3 Å². The molecule has 0 spiro atoms. The molecule has 10 heteroatoms. The Morgan fingerprint density at radius 3 is 2.48 bits per heavy atom. The normalized spacial score (nSPS) is 16.1. The van der Waals surface area contributed by atoms with Crippen LogP contribution in [0.2, 0.25) is 0 Å². The number of sulfonamides is 1. The highest BCUT2D eigenvalue weighted by molar-refractivity contribution is 7.89. The highest BCUT2D eigenvalue weighted by Crippen LogP contribution is 2.37. The Balaban J connectivity index is 1.86. The third kappa shape index (κ3) is 4.17. The molecule has 2 amide bonds. The van der Waals surface area contributed by atoms with Gasteiger partial charge in [0.15, 0.2) is 6.10 Å². The Bertz CT molecular complexity index is 1160. The maximum atomic E-state index is 13.2. The molecule has 1 aliphatic heterocycles. The molecule has 164 valence electrons. The number of anilines is 2. The Labute approximate surface area is 180 Å². The van der Waals surface area contributed by atoms with Crippen LogP contribution in [0.4, 0.5) is 11.4 Å². The van der Waals surface area contributed by atoms with Gasteiger partial charge in [-0.25, -0.2) is 17.9 Å². The van der Waals surface area contributed by atoms with Crippen LogP contribution >= 0.6 is 0 Å². The summed E-state index contributed by atoms with van der Waals surface area (Å²) in [6.07, 6.45) is -1.23. The van der Waals surface area contributed by atoms with Crippen LogP contribution in [-0.4, -0.2) is 44.9 Å². The largest absolute Gasteiger partial charge is 0.449 e. The molecule has 0 fully saturated rings. The van der Waals surface area contributed by atoms with Gasteiger partial charge in [-0.15, -0.1) is 0 Å². The van der Waals surface area contributed by atoms with Crippen molar-refractivity contribution in [2.24, 2.45) is 0 Å². The van der Waals surface area contributed by atoms with Gasteiger partial charge in [-0.1, -0.05) is 18.2 Å². The lowest BCUT2D eigenvalue weighted by Gasteiger charge is -2.42.